The molecule has 10 heteroatoms. The monoisotopic (exact) mass is 349 g/mol. The number of nitro groups is 1. The van der Waals surface area contributed by atoms with Gasteiger partial charge in [-0.1, -0.05) is 23.4 Å². The number of aromatic amines is 1. The van der Waals surface area contributed by atoms with E-state index >= 15 is 0 Å². The molecule has 116 valence electrons. The molecule has 0 atom stereocenters. The zero-order valence-electron chi connectivity index (χ0n) is 11.4. The minimum absolute atomic E-state index is 0.00540. The molecule has 1 N–H and O–H groups in total. The Morgan fingerprint density at radius 3 is 2.96 bits per heavy atom. The number of hydrogen-bond acceptors (Lipinski definition) is 7. The van der Waals surface area contributed by atoms with Gasteiger partial charge in [0.05, 0.1) is 17.0 Å². The molecule has 0 bridgehead atoms. The van der Waals surface area contributed by atoms with E-state index in [1.54, 1.807) is 0 Å². The molecule has 2 aromatic heterocycles. The maximum Gasteiger partial charge on any atom is 0.288 e. The first-order valence-electron chi connectivity index (χ1n) is 6.30. The number of benzene rings is 1. The molecule has 0 fully saturated rings. The van der Waals surface area contributed by atoms with Gasteiger partial charge < -0.3 is 4.98 Å². The lowest BCUT2D eigenvalue weighted by Crippen LogP contribution is -2.04. The molecule has 0 saturated heterocycles. The van der Waals surface area contributed by atoms with E-state index in [4.69, 9.17) is 11.6 Å². The van der Waals surface area contributed by atoms with Crippen molar-refractivity contribution in [3.63, 3.8) is 0 Å². The molecule has 1 aromatic carbocycles. The molecule has 3 rings (SSSR count). The number of ketones is 1. The van der Waals surface area contributed by atoms with Gasteiger partial charge in [0, 0.05) is 11.6 Å². The van der Waals surface area contributed by atoms with Crippen molar-refractivity contribution in [1.82, 2.24) is 19.9 Å². The van der Waals surface area contributed by atoms with Gasteiger partial charge in [0.15, 0.2) is 11.4 Å². The number of H-pyrrole nitrogens is 1. The van der Waals surface area contributed by atoms with E-state index in [2.05, 4.69) is 19.9 Å². The van der Waals surface area contributed by atoms with Crippen LogP contribution in [0, 0.1) is 10.1 Å². The van der Waals surface area contributed by atoms with Crippen molar-refractivity contribution in [1.29, 1.82) is 0 Å². The highest BCUT2D eigenvalue weighted by Crippen LogP contribution is 2.27. The van der Waals surface area contributed by atoms with Gasteiger partial charge in [-0.25, -0.2) is 15.0 Å². The molecule has 0 spiro atoms. The van der Waals surface area contributed by atoms with Crippen LogP contribution in [0.3, 0.4) is 0 Å². The van der Waals surface area contributed by atoms with E-state index in [1.165, 1.54) is 42.6 Å². The maximum atomic E-state index is 12.2. The van der Waals surface area contributed by atoms with Gasteiger partial charge >= 0.3 is 0 Å². The minimum atomic E-state index is -0.620. The lowest BCUT2D eigenvalue weighted by atomic mass is 10.1. The van der Waals surface area contributed by atoms with Crippen molar-refractivity contribution in [3.05, 3.63) is 51.6 Å². The van der Waals surface area contributed by atoms with Gasteiger partial charge in [0.25, 0.3) is 5.69 Å². The third-order valence-corrected chi connectivity index (χ3v) is 4.30. The first kappa shape index (κ1) is 15.4. The number of thioether (sulfide) groups is 1. The topological polar surface area (TPSA) is 115 Å². The van der Waals surface area contributed by atoms with Crippen molar-refractivity contribution in [2.24, 2.45) is 0 Å². The summed E-state index contributed by atoms with van der Waals surface area (Å²) in [5.41, 5.74) is 1.09. The van der Waals surface area contributed by atoms with Gasteiger partial charge in [0.2, 0.25) is 0 Å². The molecule has 2 heterocycles. The van der Waals surface area contributed by atoms with Gasteiger partial charge in [-0.2, -0.15) is 0 Å². The summed E-state index contributed by atoms with van der Waals surface area (Å²) < 4.78 is 0. The first-order chi connectivity index (χ1) is 11.1. The van der Waals surface area contributed by atoms with Gasteiger partial charge in [-0.05, 0) is 12.1 Å². The highest BCUT2D eigenvalue weighted by molar-refractivity contribution is 8.00. The van der Waals surface area contributed by atoms with Crippen LogP contribution in [0.4, 0.5) is 5.69 Å². The number of fused-ring (bicyclic) bond motifs is 1. The van der Waals surface area contributed by atoms with Crippen LogP contribution < -0.4 is 0 Å². The number of carbonyl (C=O) groups excluding carboxylic acids is 1. The first-order valence-corrected chi connectivity index (χ1v) is 7.66. The fourth-order valence-corrected chi connectivity index (χ4v) is 2.93. The predicted molar refractivity (Wildman–Crippen MR) is 84.8 cm³/mol. The van der Waals surface area contributed by atoms with Crippen LogP contribution in [0.15, 0.2) is 35.9 Å². The Labute approximate surface area is 138 Å². The van der Waals surface area contributed by atoms with Crippen LogP contribution in [-0.4, -0.2) is 36.4 Å². The summed E-state index contributed by atoms with van der Waals surface area (Å²) in [5, 5.41) is 11.5. The van der Waals surface area contributed by atoms with Gasteiger partial charge in [-0.3, -0.25) is 14.9 Å². The van der Waals surface area contributed by atoms with Crippen molar-refractivity contribution >= 4 is 46.0 Å². The van der Waals surface area contributed by atoms with E-state index in [1.807, 2.05) is 0 Å². The summed E-state index contributed by atoms with van der Waals surface area (Å²) >= 11 is 6.94. The van der Waals surface area contributed by atoms with E-state index in [9.17, 15) is 14.9 Å². The van der Waals surface area contributed by atoms with Crippen LogP contribution in [0.1, 0.15) is 10.4 Å². The Balaban J connectivity index is 1.79. The average Bonchev–Trinajstić information content (AvgIpc) is 3.01. The molecule has 23 heavy (non-hydrogen) atoms. The number of halogens is 1. The van der Waals surface area contributed by atoms with Crippen molar-refractivity contribution < 1.29 is 9.72 Å². The summed E-state index contributed by atoms with van der Waals surface area (Å²) in [6, 6.07) is 3.98. The average molecular weight is 350 g/mol. The molecule has 0 unspecified atom stereocenters. The van der Waals surface area contributed by atoms with E-state index < -0.39 is 4.92 Å². The Kier molecular flexibility index (Phi) is 4.22. The molecule has 0 aliphatic heterocycles. The third kappa shape index (κ3) is 3.15. The predicted octanol–water partition coefficient (Wildman–Crippen LogP) is 2.89. The number of aromatic nitrogens is 4. The van der Waals surface area contributed by atoms with Crippen LogP contribution >= 0.6 is 23.4 Å². The lowest BCUT2D eigenvalue weighted by molar-refractivity contribution is -0.384. The van der Waals surface area contributed by atoms with Crippen LogP contribution in [0.5, 0.6) is 0 Å². The number of nitrogens with zero attached hydrogens (tertiary/aromatic N) is 4. The molecule has 0 amide bonds. The Hall–Kier alpha value is -2.52. The number of nitro benzene ring substituents is 1. The normalized spacial score (nSPS) is 10.8. The molecule has 0 aliphatic carbocycles. The fourth-order valence-electron chi connectivity index (χ4n) is 1.90. The summed E-state index contributed by atoms with van der Waals surface area (Å²) in [6.07, 6.45) is 2.86. The molecular weight excluding hydrogens is 342 g/mol. The smallest absolute Gasteiger partial charge is 0.288 e. The Morgan fingerprint density at radius 2 is 2.17 bits per heavy atom. The zero-order valence-corrected chi connectivity index (χ0v) is 13.0. The van der Waals surface area contributed by atoms with Crippen molar-refractivity contribution in [2.45, 2.75) is 5.03 Å². The Bertz CT molecular complexity index is 914. The lowest BCUT2D eigenvalue weighted by Gasteiger charge is -2.03. The minimum Gasteiger partial charge on any atom is -0.341 e. The standard InChI is InChI=1S/C13H8ClN5O3S/c14-8-2-1-7(3-9(8)19(21)22)10(20)4-23-13-11-12(16-5-15-11)17-6-18-13/h1-3,5-6H,4H2,(H,15,16,17,18). The quantitative estimate of drug-likeness (QED) is 0.247. The number of rotatable bonds is 5. The molecule has 0 aliphatic rings. The molecule has 0 radical (unpaired) electrons. The largest absolute Gasteiger partial charge is 0.341 e. The number of nitrogens with one attached hydrogen (secondary N) is 1. The summed E-state index contributed by atoms with van der Waals surface area (Å²) in [5.74, 6) is -0.190. The highest BCUT2D eigenvalue weighted by atomic mass is 35.5. The van der Waals surface area contributed by atoms with E-state index in [-0.39, 0.29) is 27.8 Å². The van der Waals surface area contributed by atoms with E-state index in [0.29, 0.717) is 16.2 Å². The SMILES string of the molecule is O=C(CSc1ncnc2nc[nH]c12)c1ccc(Cl)c([N+](=O)[O-])c1. The second-order valence-corrected chi connectivity index (χ2v) is 5.79. The second-order valence-electron chi connectivity index (χ2n) is 4.42. The Morgan fingerprint density at radius 1 is 1.35 bits per heavy atom. The van der Waals surface area contributed by atoms with Gasteiger partial charge in [0.1, 0.15) is 21.9 Å². The number of carbonyl (C=O) groups is 1. The van der Waals surface area contributed by atoms with E-state index in [0.717, 1.165) is 0 Å². The third-order valence-electron chi connectivity index (χ3n) is 2.99. The number of imidazole rings is 1. The van der Waals surface area contributed by atoms with Crippen LogP contribution in [0.2, 0.25) is 5.02 Å². The maximum absolute atomic E-state index is 12.2. The molecule has 3 aromatic rings. The zero-order chi connectivity index (χ0) is 16.4. The van der Waals surface area contributed by atoms with Gasteiger partial charge in [-0.15, -0.1) is 0 Å². The summed E-state index contributed by atoms with van der Waals surface area (Å²) in [7, 11) is 0. The fraction of sp³-hybridized carbons (Fsp3) is 0.0769. The highest BCUT2D eigenvalue weighted by Gasteiger charge is 2.17. The summed E-state index contributed by atoms with van der Waals surface area (Å²) in [6.45, 7) is 0. The summed E-state index contributed by atoms with van der Waals surface area (Å²) in [4.78, 5) is 37.5. The number of hydrogen-bond donors (Lipinski definition) is 1. The van der Waals surface area contributed by atoms with Crippen molar-refractivity contribution in [3.8, 4) is 0 Å². The van der Waals surface area contributed by atoms with Crippen molar-refractivity contribution in [2.75, 3.05) is 5.75 Å². The molecular formula is C13H8ClN5O3S. The van der Waals surface area contributed by atoms with Crippen LogP contribution in [-0.2, 0) is 0 Å². The molecule has 0 saturated carbocycles. The number of Topliss-reactive ketones (excluding diaryl/α,β-unsaturated/α-hetero) is 1. The second kappa shape index (κ2) is 6.31. The van der Waals surface area contributed by atoms with Crippen LogP contribution in [0.25, 0.3) is 11.2 Å². The molecule has 8 nitrogen and oxygen atoms in total.